The van der Waals surface area contributed by atoms with Gasteiger partial charge in [-0.3, -0.25) is 10.1 Å². The molecule has 3 N–H and O–H groups in total. The molecular weight excluding hydrogens is 1130 g/mol. The van der Waals surface area contributed by atoms with E-state index in [-0.39, 0.29) is 53.9 Å². The van der Waals surface area contributed by atoms with Crippen LogP contribution in [0.2, 0.25) is 0 Å². The zero-order valence-corrected chi connectivity index (χ0v) is 59.3. The van der Waals surface area contributed by atoms with Crippen LogP contribution in [0.1, 0.15) is 256 Å². The molecule has 0 spiro atoms. The van der Waals surface area contributed by atoms with Crippen LogP contribution < -0.4 is 21.4 Å². The lowest BCUT2D eigenvalue weighted by molar-refractivity contribution is -0.384. The molecule has 3 aliphatic rings. The van der Waals surface area contributed by atoms with Crippen LogP contribution in [-0.2, 0) is 43.3 Å². The maximum atomic E-state index is 12.1. The summed E-state index contributed by atoms with van der Waals surface area (Å²) in [5.41, 5.74) is 21.8. The molecule has 0 radical (unpaired) electrons. The monoisotopic (exact) mass is 1220 g/mol. The Morgan fingerprint density at radius 1 is 0.348 bits per heavy atom. The number of amidine groups is 1. The summed E-state index contributed by atoms with van der Waals surface area (Å²) < 4.78 is 0. The van der Waals surface area contributed by atoms with E-state index in [0.717, 1.165) is 89.1 Å². The first-order valence-electron chi connectivity index (χ1n) is 32.9. The van der Waals surface area contributed by atoms with Crippen LogP contribution in [0.3, 0.4) is 0 Å². The molecule has 0 atom stereocenters. The van der Waals surface area contributed by atoms with Gasteiger partial charge in [0.15, 0.2) is 5.84 Å². The lowest BCUT2D eigenvalue weighted by atomic mass is 9.78. The van der Waals surface area contributed by atoms with E-state index in [2.05, 4.69) is 290 Å². The van der Waals surface area contributed by atoms with Crippen molar-refractivity contribution in [3.05, 3.63) is 260 Å². The summed E-state index contributed by atoms with van der Waals surface area (Å²) in [4.78, 5) is 41.5. The number of hydrogen-bond acceptors (Lipinski definition) is 5. The van der Waals surface area contributed by atoms with Crippen molar-refractivity contribution in [2.24, 2.45) is 15.0 Å². The highest BCUT2D eigenvalue weighted by Crippen LogP contribution is 2.43. The topological polar surface area (TPSA) is 128 Å². The lowest BCUT2D eigenvalue weighted by Crippen LogP contribution is -2.27. The number of nitro groups is 1. The second kappa shape index (κ2) is 22.1. The van der Waals surface area contributed by atoms with Gasteiger partial charge in [-0.2, -0.15) is 0 Å². The van der Waals surface area contributed by atoms with E-state index in [1.165, 1.54) is 56.6 Å². The van der Waals surface area contributed by atoms with Crippen molar-refractivity contribution in [1.29, 1.82) is 0 Å². The van der Waals surface area contributed by atoms with E-state index in [1.807, 2.05) is 0 Å². The molecule has 0 unspecified atom stereocenters. The van der Waals surface area contributed by atoms with Crippen LogP contribution in [0.25, 0.3) is 22.3 Å². The molecule has 5 aromatic carbocycles. The molecule has 3 aliphatic heterocycles. The first kappa shape index (κ1) is 65.1. The Labute approximate surface area is 546 Å². The molecule has 9 nitrogen and oxygen atoms in total. The minimum atomic E-state index is -0.366. The minimum absolute atomic E-state index is 0.00199. The molecule has 0 aliphatic carbocycles. The highest BCUT2D eigenvalue weighted by atomic mass is 16.6. The molecule has 0 fully saturated rings. The standard InChI is InChI=1S/C83H97N7O2/c1-76(2,3)52-35-48(36-53(43-52)77(4,5)6)67-61-29-30-62(84-61)68(49-37-54(78(7,8)9)44-55(38-49)79(10,11)12)64-32-34-66(86-64)70(51-41-58(82(19,20)21)46-59(42-51)83(22,23)24)72-74-73(88-75(89-74)47-25-27-60(28-26-47)90(91)92)71(87-72)69(65-33-31-63(67)85-65)50-39-56(80(13,14)15)45-57(40-50)81(16,17)18/h25-46,84-85,87H,1-24H3. The van der Waals surface area contributed by atoms with E-state index < -0.39 is 0 Å². The second-order valence-corrected chi connectivity index (χ2v) is 34.4. The Morgan fingerprint density at radius 3 is 1.10 bits per heavy atom. The number of aromatic nitrogens is 3. The normalized spacial score (nSPS) is 15.1. The molecule has 11 rings (SSSR count). The third kappa shape index (κ3) is 12.7. The van der Waals surface area contributed by atoms with Gasteiger partial charge in [-0.15, -0.1) is 0 Å². The molecule has 0 saturated carbocycles. The summed E-state index contributed by atoms with van der Waals surface area (Å²) in [5.74, 6) is 0.463. The molecule has 0 amide bonds. The summed E-state index contributed by atoms with van der Waals surface area (Å²) in [6.07, 6.45) is 4.40. The van der Waals surface area contributed by atoms with Gasteiger partial charge in [0.1, 0.15) is 11.0 Å². The first-order valence-corrected chi connectivity index (χ1v) is 32.9. The second-order valence-electron chi connectivity index (χ2n) is 34.4. The van der Waals surface area contributed by atoms with Gasteiger partial charge in [0, 0.05) is 62.1 Å². The van der Waals surface area contributed by atoms with Crippen molar-refractivity contribution in [2.75, 3.05) is 0 Å². The van der Waals surface area contributed by atoms with Crippen molar-refractivity contribution >= 4 is 45.2 Å². The van der Waals surface area contributed by atoms with Crippen LogP contribution in [-0.4, -0.2) is 31.4 Å². The summed E-state index contributed by atoms with van der Waals surface area (Å²) in [6, 6.07) is 44.1. The zero-order chi connectivity index (χ0) is 67.1. The predicted molar refractivity (Wildman–Crippen MR) is 385 cm³/mol. The molecular formula is C83H97N7O2. The van der Waals surface area contributed by atoms with E-state index in [1.54, 1.807) is 12.1 Å². The number of nitro benzene ring substituents is 1. The highest BCUT2D eigenvalue weighted by Gasteiger charge is 2.33. The number of aromatic amines is 3. The number of fused-ring (bicyclic) bond motifs is 10. The van der Waals surface area contributed by atoms with Crippen molar-refractivity contribution in [3.8, 4) is 0 Å². The zero-order valence-electron chi connectivity index (χ0n) is 59.3. The summed E-state index contributed by atoms with van der Waals surface area (Å²) in [5, 5.41) is 15.5. The first-order chi connectivity index (χ1) is 42.4. The third-order valence-corrected chi connectivity index (χ3v) is 18.6. The molecule has 92 heavy (non-hydrogen) atoms. The van der Waals surface area contributed by atoms with Gasteiger partial charge in [-0.1, -0.05) is 239 Å². The van der Waals surface area contributed by atoms with E-state index >= 15 is 0 Å². The van der Waals surface area contributed by atoms with Gasteiger partial charge >= 0.3 is 0 Å². The van der Waals surface area contributed by atoms with Crippen molar-refractivity contribution < 1.29 is 4.92 Å². The van der Waals surface area contributed by atoms with Crippen molar-refractivity contribution in [1.82, 2.24) is 15.0 Å². The fourth-order valence-corrected chi connectivity index (χ4v) is 12.5. The summed E-state index contributed by atoms with van der Waals surface area (Å²) >= 11 is 0. The molecule has 476 valence electrons. The number of rotatable bonds is 6. The van der Waals surface area contributed by atoms with E-state index in [9.17, 15) is 10.1 Å². The van der Waals surface area contributed by atoms with Gasteiger partial charge in [-0.05, 0) is 159 Å². The number of nitrogens with zero attached hydrogens (tertiary/aromatic N) is 4. The van der Waals surface area contributed by atoms with E-state index in [0.29, 0.717) is 22.4 Å². The smallest absolute Gasteiger partial charge is 0.269 e. The quantitative estimate of drug-likeness (QED) is 0.113. The Hall–Kier alpha value is -8.43. The number of allylic oxidation sites excluding steroid dienone is 2. The number of hydrogen-bond donors (Lipinski definition) is 3. The summed E-state index contributed by atoms with van der Waals surface area (Å²) in [6.45, 7) is 55.1. The number of non-ortho nitro benzene ring substituents is 1. The van der Waals surface area contributed by atoms with Crippen LogP contribution in [0.5, 0.6) is 0 Å². The molecule has 3 aromatic heterocycles. The fraction of sp³-hybridized carbons (Fsp3) is 0.386. The molecule has 8 aromatic rings. The van der Waals surface area contributed by atoms with Gasteiger partial charge in [0.05, 0.1) is 27.4 Å². The van der Waals surface area contributed by atoms with Crippen LogP contribution in [0, 0.1) is 10.1 Å². The SMILES string of the molecule is CC(C)(C)c1cc(C2=C3C=CC(=N3)C(c3cc(C(C)(C)C)cc(C(C)(C)C)c3)=c3ccc([nH]3)=C(c3cc(C(C)(C)C)cc(C(C)(C)C)c3)c3ccc([nH]3)C(c3cc(C(C)(C)C)cc(C(C)(C)C)c3)=c3[nH]c2c2c3=NC(c3ccc([N+](=O)[O-])cc3)=N2)cc(C(C)(C)C)c1. The van der Waals surface area contributed by atoms with Gasteiger partial charge in [-0.25, -0.2) is 15.0 Å². The van der Waals surface area contributed by atoms with Gasteiger partial charge in [0.25, 0.3) is 5.69 Å². The lowest BCUT2D eigenvalue weighted by Gasteiger charge is -2.27. The molecule has 6 heterocycles. The maximum absolute atomic E-state index is 12.1. The Balaban J connectivity index is 1.41. The number of benzene rings is 5. The molecule has 9 heteroatoms. The number of H-pyrrole nitrogens is 3. The average Bonchev–Trinajstić information content (AvgIpc) is 1.56. The van der Waals surface area contributed by atoms with Crippen LogP contribution in [0.15, 0.2) is 154 Å². The van der Waals surface area contributed by atoms with Crippen LogP contribution >= 0.6 is 0 Å². The van der Waals surface area contributed by atoms with Crippen LogP contribution in [0.4, 0.5) is 11.4 Å². The van der Waals surface area contributed by atoms with Gasteiger partial charge in [0.2, 0.25) is 0 Å². The third-order valence-electron chi connectivity index (χ3n) is 18.6. The Kier molecular flexibility index (Phi) is 15.7. The average molecular weight is 1220 g/mol. The Bertz CT molecular complexity index is 4620. The largest absolute Gasteiger partial charge is 0.354 e. The number of aliphatic imine (C=N–C) groups is 2. The Morgan fingerprint density at radius 2 is 0.707 bits per heavy atom. The van der Waals surface area contributed by atoms with Gasteiger partial charge < -0.3 is 15.0 Å². The fourth-order valence-electron chi connectivity index (χ4n) is 12.5. The maximum Gasteiger partial charge on any atom is 0.269 e. The van der Waals surface area contributed by atoms with Crippen molar-refractivity contribution in [3.63, 3.8) is 0 Å². The molecule has 0 saturated heterocycles. The molecule has 8 bridgehead atoms. The minimum Gasteiger partial charge on any atom is -0.354 e. The summed E-state index contributed by atoms with van der Waals surface area (Å²) in [7, 11) is 0. The highest BCUT2D eigenvalue weighted by molar-refractivity contribution is 6.30. The predicted octanol–water partition coefficient (Wildman–Crippen LogP) is 18.1. The van der Waals surface area contributed by atoms with E-state index in [4.69, 9.17) is 15.0 Å². The number of nitrogens with one attached hydrogen (secondary N) is 3. The van der Waals surface area contributed by atoms with Crippen molar-refractivity contribution in [2.45, 2.75) is 209 Å².